The lowest BCUT2D eigenvalue weighted by Crippen LogP contribution is -2.19. The first-order valence-corrected chi connectivity index (χ1v) is 11.8. The molecule has 7 nitrogen and oxygen atoms in total. The Hall–Kier alpha value is -3.40. The minimum atomic E-state index is -0.585. The number of nitrogens with one attached hydrogen (secondary N) is 2. The Kier molecular flexibility index (Phi) is 9.03. The zero-order chi connectivity index (χ0) is 24.5. The number of carbonyl (C=O) groups excluding carboxylic acids is 3. The summed E-state index contributed by atoms with van der Waals surface area (Å²) in [6, 6.07) is 20.0. The molecule has 0 atom stereocenters. The second-order valence-corrected chi connectivity index (χ2v) is 8.52. The molecule has 0 radical (unpaired) electrons. The number of anilines is 3. The number of methoxy groups -OCH3 is 1. The molecule has 0 fully saturated rings. The van der Waals surface area contributed by atoms with Gasteiger partial charge in [-0.15, -0.1) is 0 Å². The third-order valence-corrected chi connectivity index (χ3v) is 5.65. The highest BCUT2D eigenvalue weighted by atomic mass is 127. The fourth-order valence-electron chi connectivity index (χ4n) is 3.38. The topological polar surface area (TPSA) is 93.7 Å². The van der Waals surface area contributed by atoms with Gasteiger partial charge in [0.25, 0.3) is 5.91 Å². The zero-order valence-corrected chi connectivity index (χ0v) is 21.0. The highest BCUT2D eigenvalue weighted by Gasteiger charge is 2.21. The summed E-state index contributed by atoms with van der Waals surface area (Å²) in [5.41, 5.74) is 3.02. The normalized spacial score (nSPS) is 10.3. The number of benzene rings is 3. The van der Waals surface area contributed by atoms with Crippen molar-refractivity contribution in [2.45, 2.75) is 19.8 Å². The highest BCUT2D eigenvalue weighted by Crippen LogP contribution is 2.28. The fourth-order valence-corrected chi connectivity index (χ4v) is 3.87. The van der Waals surface area contributed by atoms with Gasteiger partial charge in [0.05, 0.1) is 36.2 Å². The van der Waals surface area contributed by atoms with Gasteiger partial charge in [-0.2, -0.15) is 0 Å². The number of carbonyl (C=O) groups is 3. The molecule has 1 amide bonds. The Bertz CT molecular complexity index is 1180. The molecule has 3 aromatic rings. The SMILES string of the molecule is CCOC(=O)CCc1cccc(C(=O)OC)c1NC(=O)c1cc(I)ccc1Nc1ccccc1. The monoisotopic (exact) mass is 572 g/mol. The summed E-state index contributed by atoms with van der Waals surface area (Å²) < 4.78 is 10.8. The lowest BCUT2D eigenvalue weighted by molar-refractivity contribution is -0.143. The lowest BCUT2D eigenvalue weighted by Gasteiger charge is -2.17. The van der Waals surface area contributed by atoms with Crippen molar-refractivity contribution in [3.63, 3.8) is 0 Å². The van der Waals surface area contributed by atoms with E-state index in [0.29, 0.717) is 28.9 Å². The summed E-state index contributed by atoms with van der Waals surface area (Å²) in [4.78, 5) is 37.8. The average molecular weight is 572 g/mol. The Morgan fingerprint density at radius 2 is 1.71 bits per heavy atom. The van der Waals surface area contributed by atoms with Crippen LogP contribution in [-0.4, -0.2) is 31.6 Å². The number of para-hydroxylation sites is 2. The van der Waals surface area contributed by atoms with Gasteiger partial charge in [0.15, 0.2) is 0 Å². The molecule has 0 spiro atoms. The Labute approximate surface area is 212 Å². The third-order valence-electron chi connectivity index (χ3n) is 4.98. The van der Waals surface area contributed by atoms with E-state index >= 15 is 0 Å². The van der Waals surface area contributed by atoms with Crippen LogP contribution in [0, 0.1) is 3.57 Å². The van der Waals surface area contributed by atoms with Crippen molar-refractivity contribution in [1.82, 2.24) is 0 Å². The van der Waals surface area contributed by atoms with Crippen LogP contribution < -0.4 is 10.6 Å². The zero-order valence-electron chi connectivity index (χ0n) is 18.9. The molecule has 0 saturated carbocycles. The molecule has 0 aliphatic carbocycles. The van der Waals surface area contributed by atoms with Gasteiger partial charge in [-0.25, -0.2) is 4.79 Å². The maximum atomic E-state index is 13.4. The van der Waals surface area contributed by atoms with E-state index in [4.69, 9.17) is 9.47 Å². The van der Waals surface area contributed by atoms with E-state index in [9.17, 15) is 14.4 Å². The van der Waals surface area contributed by atoms with Crippen LogP contribution in [0.5, 0.6) is 0 Å². The van der Waals surface area contributed by atoms with Crippen molar-refractivity contribution in [2.24, 2.45) is 0 Å². The molecule has 3 aromatic carbocycles. The summed E-state index contributed by atoms with van der Waals surface area (Å²) in [6.07, 6.45) is 0.409. The molecule has 176 valence electrons. The fraction of sp³-hybridized carbons (Fsp3) is 0.192. The van der Waals surface area contributed by atoms with Gasteiger partial charge in [-0.1, -0.05) is 30.3 Å². The number of esters is 2. The first-order chi connectivity index (χ1) is 16.4. The lowest BCUT2D eigenvalue weighted by atomic mass is 10.0. The maximum absolute atomic E-state index is 13.4. The van der Waals surface area contributed by atoms with E-state index in [0.717, 1.165) is 9.26 Å². The van der Waals surface area contributed by atoms with Crippen LogP contribution in [0.2, 0.25) is 0 Å². The second-order valence-electron chi connectivity index (χ2n) is 7.27. The Morgan fingerprint density at radius 3 is 2.41 bits per heavy atom. The maximum Gasteiger partial charge on any atom is 0.339 e. The van der Waals surface area contributed by atoms with Crippen molar-refractivity contribution in [1.29, 1.82) is 0 Å². The molecule has 34 heavy (non-hydrogen) atoms. The molecule has 0 aromatic heterocycles. The van der Waals surface area contributed by atoms with Crippen molar-refractivity contribution in [2.75, 3.05) is 24.4 Å². The Balaban J connectivity index is 1.95. The predicted molar refractivity (Wildman–Crippen MR) is 140 cm³/mol. The van der Waals surface area contributed by atoms with Crippen LogP contribution in [0.25, 0.3) is 0 Å². The highest BCUT2D eigenvalue weighted by molar-refractivity contribution is 14.1. The summed E-state index contributed by atoms with van der Waals surface area (Å²) >= 11 is 2.14. The van der Waals surface area contributed by atoms with Crippen LogP contribution in [0.15, 0.2) is 66.7 Å². The molecule has 0 unspecified atom stereocenters. The first-order valence-electron chi connectivity index (χ1n) is 10.7. The molecular formula is C26H25IN2O5. The van der Waals surface area contributed by atoms with Crippen LogP contribution in [0.3, 0.4) is 0 Å². The number of halogens is 1. The van der Waals surface area contributed by atoms with E-state index in [-0.39, 0.29) is 24.6 Å². The largest absolute Gasteiger partial charge is 0.466 e. The molecule has 0 bridgehead atoms. The third kappa shape index (κ3) is 6.57. The number of hydrogen-bond acceptors (Lipinski definition) is 6. The van der Waals surface area contributed by atoms with Crippen molar-refractivity contribution in [3.8, 4) is 0 Å². The van der Waals surface area contributed by atoms with Gasteiger partial charge in [0.1, 0.15) is 0 Å². The second kappa shape index (κ2) is 12.2. The van der Waals surface area contributed by atoms with Gasteiger partial charge in [0, 0.05) is 15.7 Å². The van der Waals surface area contributed by atoms with E-state index in [1.165, 1.54) is 7.11 Å². The van der Waals surface area contributed by atoms with E-state index in [2.05, 4.69) is 33.2 Å². The molecule has 0 saturated heterocycles. The summed E-state index contributed by atoms with van der Waals surface area (Å²) in [7, 11) is 1.28. The van der Waals surface area contributed by atoms with Crippen molar-refractivity contribution >= 4 is 57.5 Å². The molecule has 0 aliphatic heterocycles. The smallest absolute Gasteiger partial charge is 0.339 e. The number of hydrogen-bond donors (Lipinski definition) is 2. The standard InChI is InChI=1S/C26H25IN2O5/c1-3-34-23(30)15-12-17-8-7-11-20(26(32)33-2)24(17)29-25(31)21-16-18(27)13-14-22(21)28-19-9-5-4-6-10-19/h4-11,13-14,16,28H,3,12,15H2,1-2H3,(H,29,31). The number of amides is 1. The van der Waals surface area contributed by atoms with Crippen LogP contribution in [-0.2, 0) is 20.7 Å². The predicted octanol–water partition coefficient (Wildman–Crippen LogP) is 5.57. The quantitative estimate of drug-likeness (QED) is 0.257. The minimum absolute atomic E-state index is 0.116. The molecule has 2 N–H and O–H groups in total. The van der Waals surface area contributed by atoms with Gasteiger partial charge in [-0.3, -0.25) is 9.59 Å². The van der Waals surface area contributed by atoms with E-state index in [1.54, 1.807) is 31.2 Å². The summed E-state index contributed by atoms with van der Waals surface area (Å²) in [5.74, 6) is -1.33. The van der Waals surface area contributed by atoms with Crippen LogP contribution in [0.4, 0.5) is 17.1 Å². The van der Waals surface area contributed by atoms with Crippen molar-refractivity contribution in [3.05, 3.63) is 87.0 Å². The van der Waals surface area contributed by atoms with E-state index < -0.39 is 11.9 Å². The van der Waals surface area contributed by atoms with Gasteiger partial charge in [-0.05, 0) is 77.9 Å². The molecule has 0 heterocycles. The first kappa shape index (κ1) is 25.2. The average Bonchev–Trinajstić information content (AvgIpc) is 2.84. The Morgan fingerprint density at radius 1 is 0.941 bits per heavy atom. The van der Waals surface area contributed by atoms with Crippen LogP contribution in [0.1, 0.15) is 39.6 Å². The number of ether oxygens (including phenoxy) is 2. The number of rotatable bonds is 9. The molecule has 8 heteroatoms. The van der Waals surface area contributed by atoms with Crippen molar-refractivity contribution < 1.29 is 23.9 Å². The van der Waals surface area contributed by atoms with Gasteiger partial charge < -0.3 is 20.1 Å². The molecule has 3 rings (SSSR count). The summed E-state index contributed by atoms with van der Waals surface area (Å²) in [6.45, 7) is 2.03. The van der Waals surface area contributed by atoms with Gasteiger partial charge >= 0.3 is 11.9 Å². The molecule has 0 aliphatic rings. The number of aryl methyl sites for hydroxylation is 1. The van der Waals surface area contributed by atoms with E-state index in [1.807, 2.05) is 42.5 Å². The molecular weight excluding hydrogens is 547 g/mol. The van der Waals surface area contributed by atoms with Gasteiger partial charge in [0.2, 0.25) is 0 Å². The minimum Gasteiger partial charge on any atom is -0.466 e. The summed E-state index contributed by atoms with van der Waals surface area (Å²) in [5, 5.41) is 6.15. The van der Waals surface area contributed by atoms with Crippen LogP contribution >= 0.6 is 22.6 Å².